The van der Waals surface area contributed by atoms with E-state index >= 15 is 0 Å². The van der Waals surface area contributed by atoms with Gasteiger partial charge in [-0.3, -0.25) is 4.98 Å². The van der Waals surface area contributed by atoms with E-state index in [1.54, 1.807) is 18.5 Å². The molecule has 30 heavy (non-hydrogen) atoms. The predicted octanol–water partition coefficient (Wildman–Crippen LogP) is 6.18. The number of hydrogen-bond donors (Lipinski definition) is 1. The van der Waals surface area contributed by atoms with E-state index in [-0.39, 0.29) is 10.2 Å². The van der Waals surface area contributed by atoms with Crippen LogP contribution in [0.1, 0.15) is 43.7 Å². The van der Waals surface area contributed by atoms with Gasteiger partial charge in [0, 0.05) is 12.4 Å². The van der Waals surface area contributed by atoms with Crippen molar-refractivity contribution >= 4 is 37.5 Å². The maximum Gasteiger partial charge on any atom is 0.573 e. The lowest BCUT2D eigenvalue weighted by atomic mass is 9.90. The molecule has 0 radical (unpaired) electrons. The largest absolute Gasteiger partial charge is 0.573 e. The van der Waals surface area contributed by atoms with E-state index in [9.17, 15) is 18.3 Å². The van der Waals surface area contributed by atoms with Gasteiger partial charge in [0.05, 0.1) is 26.9 Å². The molecule has 2 heterocycles. The normalized spacial score (nSPS) is 14.0. The first-order valence-corrected chi connectivity index (χ1v) is 11.0. The molecule has 0 aliphatic heterocycles. The maximum atomic E-state index is 12.7. The second kappa shape index (κ2) is 9.07. The van der Waals surface area contributed by atoms with Crippen molar-refractivity contribution in [1.82, 2.24) is 9.97 Å². The first kappa shape index (κ1) is 22.8. The van der Waals surface area contributed by atoms with Gasteiger partial charge in [0.1, 0.15) is 22.1 Å². The zero-order chi connectivity index (χ0) is 21.9. The van der Waals surface area contributed by atoms with Gasteiger partial charge in [-0.1, -0.05) is 20.3 Å². The Kier molecular flexibility index (Phi) is 6.88. The van der Waals surface area contributed by atoms with Gasteiger partial charge in [0.25, 0.3) is 0 Å². The molecule has 0 amide bonds. The number of hydrogen-bond acceptors (Lipinski definition) is 6. The van der Waals surface area contributed by atoms with Crippen molar-refractivity contribution in [3.8, 4) is 11.5 Å². The highest BCUT2D eigenvalue weighted by molar-refractivity contribution is 9.10. The summed E-state index contributed by atoms with van der Waals surface area (Å²) < 4.78 is 48.4. The number of rotatable bonds is 8. The van der Waals surface area contributed by atoms with E-state index in [0.29, 0.717) is 46.0 Å². The third-order valence-electron chi connectivity index (χ3n) is 4.34. The molecule has 0 aliphatic rings. The SMILES string of the molecule is CCCOc1ccncc1C(O)(CCC)c1nc2ccc(OC(F)(F)F)c(Br)c2s1. The smallest absolute Gasteiger partial charge is 0.493 e. The molecule has 3 aromatic rings. The molecular weight excluding hydrogens is 485 g/mol. The van der Waals surface area contributed by atoms with Crippen molar-refractivity contribution in [2.24, 2.45) is 0 Å². The van der Waals surface area contributed by atoms with Crippen LogP contribution in [0.25, 0.3) is 10.2 Å². The summed E-state index contributed by atoms with van der Waals surface area (Å²) in [5.41, 5.74) is -0.576. The van der Waals surface area contributed by atoms with E-state index in [1.165, 1.54) is 12.1 Å². The van der Waals surface area contributed by atoms with Crippen molar-refractivity contribution in [1.29, 1.82) is 0 Å². The van der Waals surface area contributed by atoms with E-state index in [2.05, 4.69) is 30.6 Å². The fraction of sp³-hybridized carbons (Fsp3) is 0.400. The molecular formula is C20H20BrF3N2O3S. The van der Waals surface area contributed by atoms with Crippen LogP contribution in [-0.4, -0.2) is 28.0 Å². The van der Waals surface area contributed by atoms with Crippen LogP contribution in [0, 0.1) is 0 Å². The molecule has 0 fully saturated rings. The first-order chi connectivity index (χ1) is 14.2. The van der Waals surface area contributed by atoms with Gasteiger partial charge in [-0.05, 0) is 47.0 Å². The fourth-order valence-electron chi connectivity index (χ4n) is 3.07. The van der Waals surface area contributed by atoms with E-state index in [1.807, 2.05) is 13.8 Å². The average molecular weight is 505 g/mol. The van der Waals surface area contributed by atoms with E-state index in [4.69, 9.17) is 4.74 Å². The Bertz CT molecular complexity index is 1030. The van der Waals surface area contributed by atoms with Crippen molar-refractivity contribution in [2.45, 2.75) is 45.1 Å². The van der Waals surface area contributed by atoms with Gasteiger partial charge in [-0.25, -0.2) is 4.98 Å². The molecule has 1 atom stereocenters. The lowest BCUT2D eigenvalue weighted by Crippen LogP contribution is -2.28. The predicted molar refractivity (Wildman–Crippen MR) is 112 cm³/mol. The number of nitrogens with zero attached hydrogens (tertiary/aromatic N) is 2. The van der Waals surface area contributed by atoms with Crippen LogP contribution in [0.2, 0.25) is 0 Å². The summed E-state index contributed by atoms with van der Waals surface area (Å²) in [6.07, 6.45) is 0.0805. The highest BCUT2D eigenvalue weighted by atomic mass is 79.9. The van der Waals surface area contributed by atoms with Crippen LogP contribution in [0.3, 0.4) is 0 Å². The van der Waals surface area contributed by atoms with E-state index in [0.717, 1.165) is 17.8 Å². The van der Waals surface area contributed by atoms with Gasteiger partial charge in [-0.2, -0.15) is 0 Å². The highest BCUT2D eigenvalue weighted by Gasteiger charge is 2.38. The quantitative estimate of drug-likeness (QED) is 0.396. The number of pyridine rings is 1. The van der Waals surface area contributed by atoms with Gasteiger partial charge in [0.2, 0.25) is 0 Å². The Morgan fingerprint density at radius 1 is 1.13 bits per heavy atom. The number of aliphatic hydroxyl groups is 1. The van der Waals surface area contributed by atoms with Crippen LogP contribution in [0.5, 0.6) is 11.5 Å². The minimum absolute atomic E-state index is 0.133. The van der Waals surface area contributed by atoms with Crippen molar-refractivity contribution in [3.63, 3.8) is 0 Å². The number of benzene rings is 1. The number of fused-ring (bicyclic) bond motifs is 1. The number of ether oxygens (including phenoxy) is 2. The zero-order valence-electron chi connectivity index (χ0n) is 16.3. The summed E-state index contributed by atoms with van der Waals surface area (Å²) in [6, 6.07) is 4.32. The topological polar surface area (TPSA) is 64.5 Å². The van der Waals surface area contributed by atoms with Crippen molar-refractivity contribution in [3.05, 3.63) is 45.6 Å². The standard InChI is InChI=1S/C20H20BrF3N2O3S/c1-3-8-19(27,12-11-25-9-7-14(12)28-10-4-2)18-26-13-5-6-15(29-20(22,23)24)16(21)17(13)30-18/h5-7,9,11,27H,3-4,8,10H2,1-2H3. The zero-order valence-corrected chi connectivity index (χ0v) is 18.7. The lowest BCUT2D eigenvalue weighted by molar-refractivity contribution is -0.274. The lowest BCUT2D eigenvalue weighted by Gasteiger charge is -2.27. The molecule has 1 N–H and O–H groups in total. The minimum Gasteiger partial charge on any atom is -0.493 e. The molecule has 3 rings (SSSR count). The molecule has 5 nitrogen and oxygen atoms in total. The summed E-state index contributed by atoms with van der Waals surface area (Å²) in [5.74, 6) is 0.139. The summed E-state index contributed by atoms with van der Waals surface area (Å²) >= 11 is 4.28. The molecule has 10 heteroatoms. The molecule has 0 saturated carbocycles. The maximum absolute atomic E-state index is 12.7. The molecule has 0 aliphatic carbocycles. The van der Waals surface area contributed by atoms with Gasteiger partial charge in [-0.15, -0.1) is 24.5 Å². The van der Waals surface area contributed by atoms with Crippen LogP contribution in [0.4, 0.5) is 13.2 Å². The van der Waals surface area contributed by atoms with Crippen LogP contribution in [-0.2, 0) is 5.60 Å². The molecule has 0 bridgehead atoms. The van der Waals surface area contributed by atoms with Gasteiger partial charge >= 0.3 is 6.36 Å². The summed E-state index contributed by atoms with van der Waals surface area (Å²) in [6.45, 7) is 4.37. The second-order valence-electron chi connectivity index (χ2n) is 6.62. The Balaban J connectivity index is 2.12. The van der Waals surface area contributed by atoms with E-state index < -0.39 is 12.0 Å². The molecule has 1 aromatic carbocycles. The summed E-state index contributed by atoms with van der Waals surface area (Å²) in [5, 5.41) is 12.0. The minimum atomic E-state index is -4.81. The van der Waals surface area contributed by atoms with Crippen LogP contribution < -0.4 is 9.47 Å². The summed E-state index contributed by atoms with van der Waals surface area (Å²) in [4.78, 5) is 8.65. The number of aromatic nitrogens is 2. The number of alkyl halides is 3. The van der Waals surface area contributed by atoms with Gasteiger partial charge < -0.3 is 14.6 Å². The second-order valence-corrected chi connectivity index (χ2v) is 8.42. The fourth-order valence-corrected chi connectivity index (χ4v) is 4.86. The third kappa shape index (κ3) is 4.70. The first-order valence-electron chi connectivity index (χ1n) is 9.34. The third-order valence-corrected chi connectivity index (χ3v) is 6.63. The average Bonchev–Trinajstić information content (AvgIpc) is 3.14. The molecule has 162 valence electrons. The van der Waals surface area contributed by atoms with Crippen molar-refractivity contribution < 1.29 is 27.8 Å². The molecule has 2 aromatic heterocycles. The summed E-state index contributed by atoms with van der Waals surface area (Å²) in [7, 11) is 0. The molecule has 1 unspecified atom stereocenters. The van der Waals surface area contributed by atoms with Crippen LogP contribution in [0.15, 0.2) is 35.1 Å². The Morgan fingerprint density at radius 2 is 1.90 bits per heavy atom. The van der Waals surface area contributed by atoms with Crippen LogP contribution >= 0.6 is 27.3 Å². The Labute approximate surface area is 184 Å². The molecule has 0 saturated heterocycles. The number of thiazole rings is 1. The van der Waals surface area contributed by atoms with Gasteiger partial charge in [0.15, 0.2) is 0 Å². The monoisotopic (exact) mass is 504 g/mol. The number of halogens is 4. The highest BCUT2D eigenvalue weighted by Crippen LogP contribution is 2.45. The Morgan fingerprint density at radius 3 is 2.57 bits per heavy atom. The molecule has 0 spiro atoms. The Hall–Kier alpha value is -1.91. The van der Waals surface area contributed by atoms with Crippen molar-refractivity contribution in [2.75, 3.05) is 6.61 Å².